The Bertz CT molecular complexity index is 299. The Morgan fingerprint density at radius 3 is 2.81 bits per heavy atom. The first kappa shape index (κ1) is 13.0. The van der Waals surface area contributed by atoms with Crippen LogP contribution in [0.3, 0.4) is 0 Å². The Balaban J connectivity index is 2.58. The fraction of sp³-hybridized carbons (Fsp3) is 0.538. The number of aliphatic hydroxyl groups is 1. The van der Waals surface area contributed by atoms with Gasteiger partial charge in [-0.3, -0.25) is 0 Å². The smallest absolute Gasteiger partial charge is 0.119 e. The minimum atomic E-state index is -0.579. The Labute approximate surface area is 97.0 Å². The van der Waals surface area contributed by atoms with Gasteiger partial charge in [-0.15, -0.1) is 0 Å². The largest absolute Gasteiger partial charge is 0.494 e. The van der Waals surface area contributed by atoms with Crippen molar-refractivity contribution in [2.45, 2.75) is 26.4 Å². The van der Waals surface area contributed by atoms with Gasteiger partial charge in [0.2, 0.25) is 0 Å². The predicted molar refractivity (Wildman–Crippen MR) is 63.7 cm³/mol. The van der Waals surface area contributed by atoms with E-state index in [4.69, 9.17) is 9.47 Å². The van der Waals surface area contributed by atoms with Gasteiger partial charge in [-0.1, -0.05) is 19.1 Å². The summed E-state index contributed by atoms with van der Waals surface area (Å²) in [5, 5.41) is 9.82. The van der Waals surface area contributed by atoms with E-state index in [1.807, 2.05) is 31.2 Å². The fourth-order valence-electron chi connectivity index (χ4n) is 1.36. The highest BCUT2D eigenvalue weighted by atomic mass is 16.5. The molecule has 0 amide bonds. The summed E-state index contributed by atoms with van der Waals surface area (Å²) in [6.45, 7) is 5.61. The standard InChI is InChI=1S/C13H20O3/c1-3-8-16-12-7-5-6-11(9-12)13(14)10-15-4-2/h5-7,9,13-14H,3-4,8,10H2,1-2H3. The third-order valence-electron chi connectivity index (χ3n) is 2.20. The third-order valence-corrected chi connectivity index (χ3v) is 2.20. The van der Waals surface area contributed by atoms with Crippen molar-refractivity contribution >= 4 is 0 Å². The zero-order chi connectivity index (χ0) is 11.8. The lowest BCUT2D eigenvalue weighted by atomic mass is 10.1. The van der Waals surface area contributed by atoms with Crippen LogP contribution >= 0.6 is 0 Å². The molecular formula is C13H20O3. The maximum absolute atomic E-state index is 9.82. The number of aliphatic hydroxyl groups excluding tert-OH is 1. The van der Waals surface area contributed by atoms with Gasteiger partial charge in [-0.25, -0.2) is 0 Å². The number of benzene rings is 1. The molecule has 0 aliphatic heterocycles. The Morgan fingerprint density at radius 1 is 1.31 bits per heavy atom. The van der Waals surface area contributed by atoms with E-state index >= 15 is 0 Å². The molecule has 16 heavy (non-hydrogen) atoms. The van der Waals surface area contributed by atoms with Crippen LogP contribution in [0.5, 0.6) is 5.75 Å². The summed E-state index contributed by atoms with van der Waals surface area (Å²) < 4.78 is 10.7. The van der Waals surface area contributed by atoms with Gasteiger partial charge in [0.1, 0.15) is 11.9 Å². The predicted octanol–water partition coefficient (Wildman–Crippen LogP) is 2.55. The van der Waals surface area contributed by atoms with Crippen molar-refractivity contribution in [3.05, 3.63) is 29.8 Å². The summed E-state index contributed by atoms with van der Waals surface area (Å²) in [6, 6.07) is 7.52. The maximum atomic E-state index is 9.82. The molecule has 0 heterocycles. The average Bonchev–Trinajstić information content (AvgIpc) is 2.33. The van der Waals surface area contributed by atoms with E-state index in [2.05, 4.69) is 6.92 Å². The average molecular weight is 224 g/mol. The number of rotatable bonds is 7. The summed E-state index contributed by atoms with van der Waals surface area (Å²) in [5.41, 5.74) is 0.835. The molecule has 0 aliphatic rings. The zero-order valence-corrected chi connectivity index (χ0v) is 9.98. The van der Waals surface area contributed by atoms with E-state index < -0.39 is 6.10 Å². The molecule has 0 fully saturated rings. The SMILES string of the molecule is CCCOc1cccc(C(O)COCC)c1. The van der Waals surface area contributed by atoms with E-state index in [-0.39, 0.29) is 0 Å². The number of hydrogen-bond acceptors (Lipinski definition) is 3. The Morgan fingerprint density at radius 2 is 2.12 bits per heavy atom. The summed E-state index contributed by atoms with van der Waals surface area (Å²) in [5.74, 6) is 0.801. The highest BCUT2D eigenvalue weighted by Crippen LogP contribution is 2.19. The second-order valence-electron chi connectivity index (χ2n) is 3.60. The second-order valence-corrected chi connectivity index (χ2v) is 3.60. The first-order valence-electron chi connectivity index (χ1n) is 5.76. The molecule has 0 bridgehead atoms. The molecule has 0 saturated carbocycles. The van der Waals surface area contributed by atoms with E-state index in [0.29, 0.717) is 19.8 Å². The van der Waals surface area contributed by atoms with Crippen LogP contribution in [0.1, 0.15) is 31.9 Å². The van der Waals surface area contributed by atoms with Gasteiger partial charge in [0, 0.05) is 6.61 Å². The molecule has 90 valence electrons. The van der Waals surface area contributed by atoms with Crippen molar-refractivity contribution in [3.63, 3.8) is 0 Å². The Kier molecular flexibility index (Phi) is 5.90. The lowest BCUT2D eigenvalue weighted by Crippen LogP contribution is -2.07. The molecule has 3 heteroatoms. The molecule has 1 aromatic rings. The molecule has 1 aromatic carbocycles. The molecule has 3 nitrogen and oxygen atoms in total. The van der Waals surface area contributed by atoms with E-state index in [0.717, 1.165) is 17.7 Å². The van der Waals surface area contributed by atoms with Gasteiger partial charge >= 0.3 is 0 Å². The molecule has 0 aromatic heterocycles. The van der Waals surface area contributed by atoms with Crippen LogP contribution in [-0.2, 0) is 4.74 Å². The van der Waals surface area contributed by atoms with Crippen LogP contribution in [0.15, 0.2) is 24.3 Å². The molecule has 0 aliphatic carbocycles. The highest BCUT2D eigenvalue weighted by molar-refractivity contribution is 5.29. The van der Waals surface area contributed by atoms with E-state index in [9.17, 15) is 5.11 Å². The van der Waals surface area contributed by atoms with E-state index in [1.165, 1.54) is 0 Å². The highest BCUT2D eigenvalue weighted by Gasteiger charge is 2.08. The third kappa shape index (κ3) is 4.21. The first-order chi connectivity index (χ1) is 7.77. The first-order valence-corrected chi connectivity index (χ1v) is 5.76. The summed E-state index contributed by atoms with van der Waals surface area (Å²) >= 11 is 0. The molecule has 0 spiro atoms. The van der Waals surface area contributed by atoms with Crippen LogP contribution in [-0.4, -0.2) is 24.9 Å². The molecule has 0 saturated heterocycles. The molecule has 1 atom stereocenters. The van der Waals surface area contributed by atoms with Crippen molar-refractivity contribution in [3.8, 4) is 5.75 Å². The lowest BCUT2D eigenvalue weighted by molar-refractivity contribution is 0.0419. The fourth-order valence-corrected chi connectivity index (χ4v) is 1.36. The molecule has 1 rings (SSSR count). The van der Waals surface area contributed by atoms with Crippen molar-refractivity contribution in [1.82, 2.24) is 0 Å². The molecule has 0 radical (unpaired) electrons. The van der Waals surface area contributed by atoms with Gasteiger partial charge in [0.25, 0.3) is 0 Å². The normalized spacial score (nSPS) is 12.4. The second kappa shape index (κ2) is 7.25. The van der Waals surface area contributed by atoms with Crippen molar-refractivity contribution in [1.29, 1.82) is 0 Å². The van der Waals surface area contributed by atoms with Crippen LogP contribution < -0.4 is 4.74 Å². The zero-order valence-electron chi connectivity index (χ0n) is 9.98. The Hall–Kier alpha value is -1.06. The van der Waals surface area contributed by atoms with Gasteiger partial charge < -0.3 is 14.6 Å². The topological polar surface area (TPSA) is 38.7 Å². The van der Waals surface area contributed by atoms with Crippen LogP contribution in [0, 0.1) is 0 Å². The number of ether oxygens (including phenoxy) is 2. The van der Waals surface area contributed by atoms with Crippen molar-refractivity contribution in [2.75, 3.05) is 19.8 Å². The van der Waals surface area contributed by atoms with Gasteiger partial charge in [0.15, 0.2) is 0 Å². The van der Waals surface area contributed by atoms with Gasteiger partial charge in [0.05, 0.1) is 13.2 Å². The molecular weight excluding hydrogens is 204 g/mol. The molecule has 1 unspecified atom stereocenters. The number of hydrogen-bond donors (Lipinski definition) is 1. The summed E-state index contributed by atoms with van der Waals surface area (Å²) in [7, 11) is 0. The quantitative estimate of drug-likeness (QED) is 0.773. The van der Waals surface area contributed by atoms with Crippen molar-refractivity contribution < 1.29 is 14.6 Å². The summed E-state index contributed by atoms with van der Waals surface area (Å²) in [4.78, 5) is 0. The maximum Gasteiger partial charge on any atom is 0.119 e. The minimum absolute atomic E-state index is 0.327. The van der Waals surface area contributed by atoms with E-state index in [1.54, 1.807) is 0 Å². The van der Waals surface area contributed by atoms with Crippen molar-refractivity contribution in [2.24, 2.45) is 0 Å². The monoisotopic (exact) mass is 224 g/mol. The van der Waals surface area contributed by atoms with Gasteiger partial charge in [-0.2, -0.15) is 0 Å². The molecule has 1 N–H and O–H groups in total. The lowest BCUT2D eigenvalue weighted by Gasteiger charge is -2.12. The van der Waals surface area contributed by atoms with Crippen LogP contribution in [0.25, 0.3) is 0 Å². The van der Waals surface area contributed by atoms with Crippen LogP contribution in [0.4, 0.5) is 0 Å². The summed E-state index contributed by atoms with van der Waals surface area (Å²) in [6.07, 6.45) is 0.399. The minimum Gasteiger partial charge on any atom is -0.494 e. The van der Waals surface area contributed by atoms with Gasteiger partial charge in [-0.05, 0) is 31.0 Å². The van der Waals surface area contributed by atoms with Crippen LogP contribution in [0.2, 0.25) is 0 Å².